The Morgan fingerprint density at radius 1 is 0.898 bits per heavy atom. The summed E-state index contributed by atoms with van der Waals surface area (Å²) in [6.45, 7) is 1.20. The smallest absolute Gasteiger partial charge is 0.416 e. The van der Waals surface area contributed by atoms with Crippen LogP contribution in [0.2, 0.25) is 5.02 Å². The highest BCUT2D eigenvalue weighted by Crippen LogP contribution is 2.37. The summed E-state index contributed by atoms with van der Waals surface area (Å²) in [6, 6.07) is 23.9. The van der Waals surface area contributed by atoms with Crippen LogP contribution in [0.15, 0.2) is 108 Å². The van der Waals surface area contributed by atoms with Gasteiger partial charge in [-0.1, -0.05) is 85.6 Å². The van der Waals surface area contributed by atoms with E-state index in [9.17, 15) is 31.2 Å². The number of halogens is 4. The molecule has 0 radical (unpaired) electrons. The van der Waals surface area contributed by atoms with Crippen molar-refractivity contribution in [2.24, 2.45) is 0 Å². The number of unbranched alkanes of at least 4 members (excludes halogenated alkanes) is 1. The van der Waals surface area contributed by atoms with Crippen molar-refractivity contribution in [2.45, 2.75) is 49.8 Å². The van der Waals surface area contributed by atoms with Crippen LogP contribution < -0.4 is 14.4 Å². The molecule has 1 atom stereocenters. The predicted molar refractivity (Wildman–Crippen MR) is 183 cm³/mol. The van der Waals surface area contributed by atoms with Gasteiger partial charge in [-0.25, -0.2) is 8.42 Å². The van der Waals surface area contributed by atoms with E-state index in [-0.39, 0.29) is 22.9 Å². The Morgan fingerprint density at radius 3 is 2.18 bits per heavy atom. The molecule has 4 rings (SSSR count). The van der Waals surface area contributed by atoms with Crippen LogP contribution in [-0.2, 0) is 38.8 Å². The second-order valence-electron chi connectivity index (χ2n) is 11.2. The number of sulfonamides is 1. The van der Waals surface area contributed by atoms with Gasteiger partial charge in [0.1, 0.15) is 18.3 Å². The third-order valence-corrected chi connectivity index (χ3v) is 9.83. The summed E-state index contributed by atoms with van der Waals surface area (Å²) in [4.78, 5) is 29.4. The second kappa shape index (κ2) is 16.7. The van der Waals surface area contributed by atoms with Gasteiger partial charge in [0.25, 0.3) is 10.0 Å². The van der Waals surface area contributed by atoms with Gasteiger partial charge < -0.3 is 15.0 Å². The quantitative estimate of drug-likeness (QED) is 0.132. The lowest BCUT2D eigenvalue weighted by molar-refractivity contribution is -0.140. The van der Waals surface area contributed by atoms with E-state index >= 15 is 0 Å². The molecule has 0 aliphatic rings. The van der Waals surface area contributed by atoms with Gasteiger partial charge in [-0.15, -0.1) is 0 Å². The molecule has 0 heterocycles. The van der Waals surface area contributed by atoms with Crippen molar-refractivity contribution in [3.8, 4) is 5.75 Å². The predicted octanol–water partition coefficient (Wildman–Crippen LogP) is 7.12. The number of benzene rings is 4. The van der Waals surface area contributed by atoms with Crippen LogP contribution in [0.25, 0.3) is 0 Å². The van der Waals surface area contributed by atoms with E-state index in [2.05, 4.69) is 5.32 Å². The Bertz CT molecular complexity index is 1830. The minimum Gasteiger partial charge on any atom is -0.497 e. The van der Waals surface area contributed by atoms with Crippen LogP contribution in [-0.4, -0.2) is 51.4 Å². The Hall–Kier alpha value is -4.55. The molecule has 0 unspecified atom stereocenters. The number of anilines is 1. The Kier molecular flexibility index (Phi) is 12.7. The topological polar surface area (TPSA) is 96.0 Å². The normalized spacial score (nSPS) is 12.2. The molecule has 2 amide bonds. The lowest BCUT2D eigenvalue weighted by Gasteiger charge is -2.34. The second-order valence-corrected chi connectivity index (χ2v) is 13.5. The van der Waals surface area contributed by atoms with E-state index < -0.39 is 51.9 Å². The Morgan fingerprint density at radius 2 is 1.55 bits per heavy atom. The highest BCUT2D eigenvalue weighted by Gasteiger charge is 2.37. The van der Waals surface area contributed by atoms with Crippen LogP contribution in [0, 0.1) is 0 Å². The van der Waals surface area contributed by atoms with Gasteiger partial charge in [0.05, 0.1) is 28.3 Å². The Labute approximate surface area is 289 Å². The first-order valence-electron chi connectivity index (χ1n) is 15.5. The summed E-state index contributed by atoms with van der Waals surface area (Å²) in [7, 11) is -3.18. The fourth-order valence-corrected chi connectivity index (χ4v) is 6.86. The zero-order valence-corrected chi connectivity index (χ0v) is 28.6. The van der Waals surface area contributed by atoms with Gasteiger partial charge in [0.2, 0.25) is 11.8 Å². The number of carbonyl (C=O) groups excluding carboxylic acids is 2. The molecule has 0 fully saturated rings. The number of alkyl halides is 3. The number of ether oxygens (including phenoxy) is 1. The minimum atomic E-state index is -4.83. The van der Waals surface area contributed by atoms with E-state index in [1.165, 1.54) is 36.3 Å². The first kappa shape index (κ1) is 37.3. The molecule has 0 aliphatic heterocycles. The van der Waals surface area contributed by atoms with E-state index in [1.54, 1.807) is 54.6 Å². The van der Waals surface area contributed by atoms with Crippen molar-refractivity contribution >= 4 is 39.1 Å². The summed E-state index contributed by atoms with van der Waals surface area (Å²) in [5.41, 5.74) is -0.391. The highest BCUT2D eigenvalue weighted by molar-refractivity contribution is 7.92. The van der Waals surface area contributed by atoms with Crippen molar-refractivity contribution in [3.05, 3.63) is 125 Å². The van der Waals surface area contributed by atoms with E-state index in [1.807, 2.05) is 13.0 Å². The van der Waals surface area contributed by atoms with Crippen molar-refractivity contribution in [1.29, 1.82) is 0 Å². The van der Waals surface area contributed by atoms with Gasteiger partial charge in [0, 0.05) is 19.5 Å². The van der Waals surface area contributed by atoms with E-state index in [0.717, 1.165) is 24.1 Å². The van der Waals surface area contributed by atoms with Crippen LogP contribution >= 0.6 is 11.6 Å². The number of hydrogen-bond donors (Lipinski definition) is 1. The van der Waals surface area contributed by atoms with Crippen LogP contribution in [0.4, 0.5) is 18.9 Å². The van der Waals surface area contributed by atoms with Crippen LogP contribution in [0.5, 0.6) is 5.75 Å². The van der Waals surface area contributed by atoms with Crippen molar-refractivity contribution in [3.63, 3.8) is 0 Å². The van der Waals surface area contributed by atoms with Gasteiger partial charge in [-0.3, -0.25) is 13.9 Å². The summed E-state index contributed by atoms with van der Waals surface area (Å²) in [6.07, 6.45) is -3.27. The third kappa shape index (κ3) is 9.76. The number of methoxy groups -OCH3 is 1. The number of nitrogens with one attached hydrogen (secondary N) is 1. The monoisotopic (exact) mass is 715 g/mol. The standard InChI is InChI=1S/C36H37ClF3N3O5S/c1-3-4-20-41-35(45)33(22-26-12-7-5-8-13-26)42(24-27-14-11-15-29(21-27)48-2)34(44)25-43(49(46,47)30-16-9-6-10-17-30)32-23-28(36(38,39)40)18-19-31(32)37/h5-19,21,23,33H,3-4,20,22,24-25H2,1-2H3,(H,41,45)/t33-/m0/s1. The summed E-state index contributed by atoms with van der Waals surface area (Å²) < 4.78 is 75.8. The molecule has 13 heteroatoms. The number of nitrogens with zero attached hydrogens (tertiary/aromatic N) is 2. The molecule has 49 heavy (non-hydrogen) atoms. The van der Waals surface area contributed by atoms with Gasteiger partial charge in [-0.05, 0) is 60.0 Å². The maximum absolute atomic E-state index is 14.6. The molecule has 0 saturated carbocycles. The molecule has 8 nitrogen and oxygen atoms in total. The number of amides is 2. The van der Waals surface area contributed by atoms with Crippen molar-refractivity contribution in [1.82, 2.24) is 10.2 Å². The average molecular weight is 716 g/mol. The first-order valence-corrected chi connectivity index (χ1v) is 17.4. The van der Waals surface area contributed by atoms with Gasteiger partial charge in [-0.2, -0.15) is 13.2 Å². The number of hydrogen-bond acceptors (Lipinski definition) is 5. The minimum absolute atomic E-state index is 0.0737. The average Bonchev–Trinajstić information content (AvgIpc) is 3.09. The molecule has 0 aliphatic carbocycles. The molecule has 4 aromatic carbocycles. The molecule has 0 saturated heterocycles. The van der Waals surface area contributed by atoms with Crippen LogP contribution in [0.3, 0.4) is 0 Å². The fourth-order valence-electron chi connectivity index (χ4n) is 5.14. The number of carbonyl (C=O) groups is 2. The molecular formula is C36H37ClF3N3O5S. The van der Waals surface area contributed by atoms with E-state index in [0.29, 0.717) is 34.7 Å². The number of rotatable bonds is 15. The largest absolute Gasteiger partial charge is 0.497 e. The lowest BCUT2D eigenvalue weighted by Crippen LogP contribution is -2.53. The maximum Gasteiger partial charge on any atom is 0.416 e. The first-order chi connectivity index (χ1) is 23.3. The maximum atomic E-state index is 14.6. The Balaban J connectivity index is 1.86. The van der Waals surface area contributed by atoms with Gasteiger partial charge in [0.15, 0.2) is 0 Å². The van der Waals surface area contributed by atoms with Gasteiger partial charge >= 0.3 is 6.18 Å². The molecule has 0 aromatic heterocycles. The molecule has 0 bridgehead atoms. The third-order valence-electron chi connectivity index (χ3n) is 7.74. The highest BCUT2D eigenvalue weighted by atomic mass is 35.5. The molecule has 260 valence electrons. The van der Waals surface area contributed by atoms with E-state index in [4.69, 9.17) is 16.3 Å². The summed E-state index contributed by atoms with van der Waals surface area (Å²) >= 11 is 6.38. The lowest BCUT2D eigenvalue weighted by atomic mass is 10.0. The van der Waals surface area contributed by atoms with Crippen molar-refractivity contribution in [2.75, 3.05) is 24.5 Å². The SMILES string of the molecule is CCCCNC(=O)[C@H](Cc1ccccc1)N(Cc1cccc(OC)c1)C(=O)CN(c1cc(C(F)(F)F)ccc1Cl)S(=O)(=O)c1ccccc1. The molecule has 0 spiro atoms. The fraction of sp³-hybridized carbons (Fsp3) is 0.278. The van der Waals surface area contributed by atoms with Crippen molar-refractivity contribution < 1.29 is 35.9 Å². The molecular weight excluding hydrogens is 679 g/mol. The molecule has 4 aromatic rings. The zero-order chi connectivity index (χ0) is 35.6. The van der Waals surface area contributed by atoms with Crippen LogP contribution in [0.1, 0.15) is 36.5 Å². The molecule has 1 N–H and O–H groups in total. The zero-order valence-electron chi connectivity index (χ0n) is 27.0. The summed E-state index contributed by atoms with van der Waals surface area (Å²) in [5, 5.41) is 2.56. The summed E-state index contributed by atoms with van der Waals surface area (Å²) in [5.74, 6) is -0.827.